The number of hydrogen-bond donors (Lipinski definition) is 1. The molecule has 108 valence electrons. The van der Waals surface area contributed by atoms with E-state index in [0.717, 1.165) is 25.0 Å². The fourth-order valence-electron chi connectivity index (χ4n) is 2.75. The van der Waals surface area contributed by atoms with Crippen molar-refractivity contribution in [2.75, 3.05) is 39.3 Å². The van der Waals surface area contributed by atoms with Crippen molar-refractivity contribution < 1.29 is 0 Å². The van der Waals surface area contributed by atoms with Gasteiger partial charge in [0.15, 0.2) is 0 Å². The van der Waals surface area contributed by atoms with Gasteiger partial charge in [-0.05, 0) is 39.3 Å². The van der Waals surface area contributed by atoms with Crippen molar-refractivity contribution in [3.05, 3.63) is 0 Å². The second-order valence-electron chi connectivity index (χ2n) is 5.85. The number of piperazine rings is 1. The van der Waals surface area contributed by atoms with E-state index in [2.05, 4.69) is 49.7 Å². The molecule has 1 aliphatic rings. The fourth-order valence-corrected chi connectivity index (χ4v) is 2.75. The third kappa shape index (κ3) is 4.52. The number of hydrogen-bond acceptors (Lipinski definition) is 3. The van der Waals surface area contributed by atoms with Gasteiger partial charge in [0, 0.05) is 38.3 Å². The lowest BCUT2D eigenvalue weighted by atomic mass is 10.0. The van der Waals surface area contributed by atoms with Crippen LogP contribution in [0.1, 0.15) is 41.0 Å². The van der Waals surface area contributed by atoms with Crippen LogP contribution in [0.15, 0.2) is 0 Å². The summed E-state index contributed by atoms with van der Waals surface area (Å²) in [6.45, 7) is 18.8. The Kier molecular flexibility index (Phi) is 7.20. The molecular weight excluding hydrogens is 222 g/mol. The molecule has 1 N–H and O–H groups in total. The Balaban J connectivity index is 2.33. The number of rotatable bonds is 7. The Bertz CT molecular complexity index is 212. The van der Waals surface area contributed by atoms with Gasteiger partial charge in [-0.2, -0.15) is 0 Å². The smallest absolute Gasteiger partial charge is 0.0113 e. The van der Waals surface area contributed by atoms with Crippen molar-refractivity contribution in [3.8, 4) is 0 Å². The van der Waals surface area contributed by atoms with Gasteiger partial charge in [0.25, 0.3) is 0 Å². The molecule has 1 fully saturated rings. The van der Waals surface area contributed by atoms with Crippen LogP contribution in [0, 0.1) is 5.92 Å². The summed E-state index contributed by atoms with van der Waals surface area (Å²) >= 11 is 0. The molecule has 0 aliphatic carbocycles. The van der Waals surface area contributed by atoms with Crippen molar-refractivity contribution in [2.45, 2.75) is 53.1 Å². The minimum absolute atomic E-state index is 0.697. The molecule has 18 heavy (non-hydrogen) atoms. The van der Waals surface area contributed by atoms with Gasteiger partial charge >= 0.3 is 0 Å². The lowest BCUT2D eigenvalue weighted by Gasteiger charge is -2.42. The fraction of sp³-hybridized carbons (Fsp3) is 1.00. The van der Waals surface area contributed by atoms with Crippen LogP contribution >= 0.6 is 0 Å². The Hall–Kier alpha value is -0.120. The van der Waals surface area contributed by atoms with E-state index in [1.165, 1.54) is 32.6 Å². The molecule has 1 heterocycles. The SMILES string of the molecule is CCNCC(C)C(C)N1CCN(C(C)CC)CC1. The largest absolute Gasteiger partial charge is 0.317 e. The minimum Gasteiger partial charge on any atom is -0.317 e. The molecule has 3 heteroatoms. The van der Waals surface area contributed by atoms with Crippen molar-refractivity contribution >= 4 is 0 Å². The molecule has 3 nitrogen and oxygen atoms in total. The average Bonchev–Trinajstić information content (AvgIpc) is 2.43. The lowest BCUT2D eigenvalue weighted by Crippen LogP contribution is -2.53. The van der Waals surface area contributed by atoms with Gasteiger partial charge in [-0.15, -0.1) is 0 Å². The molecule has 0 saturated carbocycles. The Morgan fingerprint density at radius 3 is 2.00 bits per heavy atom. The van der Waals surface area contributed by atoms with E-state index in [0.29, 0.717) is 6.04 Å². The van der Waals surface area contributed by atoms with E-state index < -0.39 is 0 Å². The molecule has 3 unspecified atom stereocenters. The van der Waals surface area contributed by atoms with Crippen LogP contribution < -0.4 is 5.32 Å². The summed E-state index contributed by atoms with van der Waals surface area (Å²) in [6.07, 6.45) is 1.27. The second kappa shape index (κ2) is 8.13. The molecule has 0 spiro atoms. The minimum atomic E-state index is 0.697. The van der Waals surface area contributed by atoms with Gasteiger partial charge in [-0.1, -0.05) is 20.8 Å². The summed E-state index contributed by atoms with van der Waals surface area (Å²) in [5.41, 5.74) is 0. The van der Waals surface area contributed by atoms with E-state index >= 15 is 0 Å². The van der Waals surface area contributed by atoms with Crippen molar-refractivity contribution in [1.82, 2.24) is 15.1 Å². The molecule has 0 aromatic rings. The monoisotopic (exact) mass is 255 g/mol. The summed E-state index contributed by atoms with van der Waals surface area (Å²) in [6, 6.07) is 1.45. The topological polar surface area (TPSA) is 18.5 Å². The van der Waals surface area contributed by atoms with Crippen LogP contribution in [-0.4, -0.2) is 61.2 Å². The van der Waals surface area contributed by atoms with Crippen LogP contribution in [-0.2, 0) is 0 Å². The van der Waals surface area contributed by atoms with Crippen molar-refractivity contribution in [3.63, 3.8) is 0 Å². The predicted molar refractivity (Wildman–Crippen MR) is 80.1 cm³/mol. The van der Waals surface area contributed by atoms with Gasteiger partial charge in [-0.25, -0.2) is 0 Å². The highest BCUT2D eigenvalue weighted by atomic mass is 15.3. The first-order valence-electron chi connectivity index (χ1n) is 7.78. The third-order valence-corrected chi connectivity index (χ3v) is 4.68. The first-order chi connectivity index (χ1) is 8.60. The third-order valence-electron chi connectivity index (χ3n) is 4.68. The van der Waals surface area contributed by atoms with Crippen LogP contribution in [0.25, 0.3) is 0 Å². The highest BCUT2D eigenvalue weighted by Gasteiger charge is 2.25. The Labute approximate surface area is 114 Å². The van der Waals surface area contributed by atoms with Crippen LogP contribution in [0.5, 0.6) is 0 Å². The molecule has 3 atom stereocenters. The molecule has 0 bridgehead atoms. The maximum atomic E-state index is 3.47. The summed E-state index contributed by atoms with van der Waals surface area (Å²) in [5.74, 6) is 0.736. The lowest BCUT2D eigenvalue weighted by molar-refractivity contribution is 0.0608. The standard InChI is InChI=1S/C15H33N3/c1-6-14(4)17-8-10-18(11-9-17)15(5)13(3)12-16-7-2/h13-16H,6-12H2,1-5H3. The maximum absolute atomic E-state index is 3.47. The van der Waals surface area contributed by atoms with Gasteiger partial charge in [0.1, 0.15) is 0 Å². The second-order valence-corrected chi connectivity index (χ2v) is 5.85. The highest BCUT2D eigenvalue weighted by Crippen LogP contribution is 2.15. The van der Waals surface area contributed by atoms with Crippen molar-refractivity contribution in [2.24, 2.45) is 5.92 Å². The molecule has 1 aliphatic heterocycles. The quantitative estimate of drug-likeness (QED) is 0.751. The predicted octanol–water partition coefficient (Wildman–Crippen LogP) is 2.04. The molecule has 0 radical (unpaired) electrons. The number of nitrogens with one attached hydrogen (secondary N) is 1. The van der Waals surface area contributed by atoms with E-state index in [-0.39, 0.29) is 0 Å². The molecule has 0 aromatic heterocycles. The van der Waals surface area contributed by atoms with Crippen molar-refractivity contribution in [1.29, 1.82) is 0 Å². The average molecular weight is 255 g/mol. The van der Waals surface area contributed by atoms with Gasteiger partial charge < -0.3 is 5.32 Å². The first kappa shape index (κ1) is 15.9. The van der Waals surface area contributed by atoms with Gasteiger partial charge in [0.05, 0.1) is 0 Å². The summed E-state index contributed by atoms with van der Waals surface area (Å²) in [4.78, 5) is 5.30. The first-order valence-corrected chi connectivity index (χ1v) is 7.78. The molecule has 1 rings (SSSR count). The zero-order valence-electron chi connectivity index (χ0n) is 13.1. The van der Waals surface area contributed by atoms with E-state index in [1.807, 2.05) is 0 Å². The summed E-state index contributed by atoms with van der Waals surface area (Å²) in [5, 5.41) is 3.47. The Morgan fingerprint density at radius 1 is 0.944 bits per heavy atom. The summed E-state index contributed by atoms with van der Waals surface area (Å²) in [7, 11) is 0. The van der Waals surface area contributed by atoms with Crippen LogP contribution in [0.4, 0.5) is 0 Å². The number of nitrogens with zero attached hydrogens (tertiary/aromatic N) is 2. The van der Waals surface area contributed by atoms with E-state index in [1.54, 1.807) is 0 Å². The van der Waals surface area contributed by atoms with E-state index in [9.17, 15) is 0 Å². The molecule has 0 aromatic carbocycles. The molecule has 1 saturated heterocycles. The van der Waals surface area contributed by atoms with Gasteiger partial charge in [-0.3, -0.25) is 9.80 Å². The zero-order chi connectivity index (χ0) is 13.5. The maximum Gasteiger partial charge on any atom is 0.0113 e. The normalized spacial score (nSPS) is 23.8. The molecule has 0 amide bonds. The molecular formula is C15H33N3. The summed E-state index contributed by atoms with van der Waals surface area (Å²) < 4.78 is 0. The zero-order valence-corrected chi connectivity index (χ0v) is 13.1. The van der Waals surface area contributed by atoms with Crippen LogP contribution in [0.2, 0.25) is 0 Å². The van der Waals surface area contributed by atoms with Gasteiger partial charge in [0.2, 0.25) is 0 Å². The van der Waals surface area contributed by atoms with Crippen LogP contribution in [0.3, 0.4) is 0 Å². The van der Waals surface area contributed by atoms with E-state index in [4.69, 9.17) is 0 Å². The Morgan fingerprint density at radius 2 is 1.50 bits per heavy atom. The highest BCUT2D eigenvalue weighted by molar-refractivity contribution is 4.81.